The van der Waals surface area contributed by atoms with Crippen LogP contribution < -0.4 is 20.7 Å². The van der Waals surface area contributed by atoms with Gasteiger partial charge in [0.15, 0.2) is 6.61 Å². The van der Waals surface area contributed by atoms with E-state index in [2.05, 4.69) is 20.7 Å². The minimum absolute atomic E-state index is 0.110. The Morgan fingerprint density at radius 3 is 2.34 bits per heavy atom. The van der Waals surface area contributed by atoms with E-state index in [4.69, 9.17) is 9.47 Å². The molecule has 3 rings (SSSR count). The molecule has 1 aliphatic rings. The fraction of sp³-hybridized carbons (Fsp3) is 0.419. The minimum Gasteiger partial charge on any atom is -0.480 e. The number of hydrogen-bond acceptors (Lipinski definition) is 9. The molecule has 1 fully saturated rings. The molecule has 13 heteroatoms. The fourth-order valence-electron chi connectivity index (χ4n) is 4.50. The van der Waals surface area contributed by atoms with Crippen LogP contribution in [0.2, 0.25) is 0 Å². The van der Waals surface area contributed by atoms with Crippen molar-refractivity contribution in [3.63, 3.8) is 0 Å². The zero-order valence-corrected chi connectivity index (χ0v) is 25.2. The van der Waals surface area contributed by atoms with Crippen molar-refractivity contribution in [2.24, 2.45) is 0 Å². The van der Waals surface area contributed by atoms with E-state index in [0.29, 0.717) is 12.8 Å². The molecule has 3 N–H and O–H groups in total. The van der Waals surface area contributed by atoms with Gasteiger partial charge in [-0.1, -0.05) is 42.5 Å². The number of ether oxygens (including phenoxy) is 3. The molecule has 2 aromatic rings. The monoisotopic (exact) mass is 610 g/mol. The van der Waals surface area contributed by atoms with Crippen molar-refractivity contribution in [2.45, 2.75) is 57.7 Å². The van der Waals surface area contributed by atoms with Crippen LogP contribution in [0.3, 0.4) is 0 Å². The van der Waals surface area contributed by atoms with Gasteiger partial charge in [0.2, 0.25) is 17.7 Å². The standard InChI is InChI=1S/C31H38N4O9/c1-31(2,3)44-26(37)19-43-24-15-9-8-13-21(24)33-25(36)18-32-27(38)22(17-20-11-6-5-7-12-20)34-28(39)23-14-10-16-35(23)29(40)30(41)42-4/h5-9,11-13,15,22-23H,10,14,16-19H2,1-4H3,(H,32,38)(H,33,36)(H,34,39)/t22-,23+/m1/s1. The molecule has 0 bridgehead atoms. The lowest BCUT2D eigenvalue weighted by atomic mass is 10.0. The molecule has 0 aromatic heterocycles. The first-order valence-electron chi connectivity index (χ1n) is 14.1. The molecule has 2 atom stereocenters. The van der Waals surface area contributed by atoms with Gasteiger partial charge < -0.3 is 35.1 Å². The topological polar surface area (TPSA) is 169 Å². The summed E-state index contributed by atoms with van der Waals surface area (Å²) in [7, 11) is 1.08. The van der Waals surface area contributed by atoms with Crippen LogP contribution in [-0.2, 0) is 44.7 Å². The fourth-order valence-corrected chi connectivity index (χ4v) is 4.50. The number of benzene rings is 2. The van der Waals surface area contributed by atoms with Crippen molar-refractivity contribution in [1.82, 2.24) is 15.5 Å². The second kappa shape index (κ2) is 15.5. The van der Waals surface area contributed by atoms with Gasteiger partial charge in [-0.2, -0.15) is 0 Å². The van der Waals surface area contributed by atoms with Crippen LogP contribution in [0.5, 0.6) is 5.75 Å². The highest BCUT2D eigenvalue weighted by atomic mass is 16.6. The number of methoxy groups -OCH3 is 1. The normalized spacial score (nSPS) is 15.0. The molecule has 0 spiro atoms. The summed E-state index contributed by atoms with van der Waals surface area (Å²) < 4.78 is 15.3. The highest BCUT2D eigenvalue weighted by Crippen LogP contribution is 2.24. The number of nitrogens with zero attached hydrogens (tertiary/aromatic N) is 1. The second-order valence-electron chi connectivity index (χ2n) is 11.0. The summed E-state index contributed by atoms with van der Waals surface area (Å²) in [5, 5.41) is 7.86. The van der Waals surface area contributed by atoms with Crippen molar-refractivity contribution >= 4 is 41.3 Å². The van der Waals surface area contributed by atoms with Crippen molar-refractivity contribution in [2.75, 3.05) is 32.1 Å². The summed E-state index contributed by atoms with van der Waals surface area (Å²) in [5.41, 5.74) is 0.352. The van der Waals surface area contributed by atoms with Gasteiger partial charge >= 0.3 is 17.8 Å². The number of hydrogen-bond donors (Lipinski definition) is 3. The van der Waals surface area contributed by atoms with E-state index >= 15 is 0 Å². The van der Waals surface area contributed by atoms with Crippen LogP contribution in [0, 0.1) is 0 Å². The van der Waals surface area contributed by atoms with Gasteiger partial charge in [-0.05, 0) is 51.3 Å². The van der Waals surface area contributed by atoms with E-state index in [9.17, 15) is 28.8 Å². The Labute approximate surface area is 255 Å². The molecule has 13 nitrogen and oxygen atoms in total. The maximum Gasteiger partial charge on any atom is 0.396 e. The average molecular weight is 611 g/mol. The lowest BCUT2D eigenvalue weighted by Gasteiger charge is -2.25. The highest BCUT2D eigenvalue weighted by Gasteiger charge is 2.38. The number of carbonyl (C=O) groups is 6. The number of esters is 2. The molecule has 1 saturated heterocycles. The average Bonchev–Trinajstić information content (AvgIpc) is 3.48. The highest BCUT2D eigenvalue weighted by molar-refractivity contribution is 6.32. The maximum atomic E-state index is 13.2. The Kier molecular flexibility index (Phi) is 11.8. The van der Waals surface area contributed by atoms with Crippen molar-refractivity contribution in [3.05, 3.63) is 60.2 Å². The van der Waals surface area contributed by atoms with Crippen LogP contribution >= 0.6 is 0 Å². The lowest BCUT2D eigenvalue weighted by molar-refractivity contribution is -0.159. The summed E-state index contributed by atoms with van der Waals surface area (Å²) in [6.07, 6.45) is 0.921. The van der Waals surface area contributed by atoms with Crippen molar-refractivity contribution in [3.8, 4) is 5.75 Å². The largest absolute Gasteiger partial charge is 0.480 e. The Bertz CT molecular complexity index is 1360. The Morgan fingerprint density at radius 2 is 1.66 bits per heavy atom. The number of nitrogens with one attached hydrogen (secondary N) is 3. The zero-order valence-electron chi connectivity index (χ0n) is 25.2. The zero-order chi connectivity index (χ0) is 32.3. The third kappa shape index (κ3) is 10.1. The molecule has 1 aliphatic heterocycles. The summed E-state index contributed by atoms with van der Waals surface area (Å²) >= 11 is 0. The van der Waals surface area contributed by atoms with Gasteiger partial charge in [-0.15, -0.1) is 0 Å². The van der Waals surface area contributed by atoms with Crippen LogP contribution in [0.15, 0.2) is 54.6 Å². The number of para-hydroxylation sites is 2. The minimum atomic E-state index is -1.09. The van der Waals surface area contributed by atoms with E-state index in [-0.39, 0.29) is 31.0 Å². The quantitative estimate of drug-likeness (QED) is 0.251. The SMILES string of the molecule is COC(=O)C(=O)N1CCC[C@H]1C(=O)N[C@H](Cc1ccccc1)C(=O)NCC(=O)Nc1ccccc1OCC(=O)OC(C)(C)C. The van der Waals surface area contributed by atoms with Crippen molar-refractivity contribution < 1.29 is 43.0 Å². The molecular weight excluding hydrogens is 572 g/mol. The van der Waals surface area contributed by atoms with Crippen LogP contribution in [0.4, 0.5) is 5.69 Å². The first-order valence-corrected chi connectivity index (χ1v) is 14.1. The summed E-state index contributed by atoms with van der Waals surface area (Å²) in [4.78, 5) is 76.6. The third-order valence-corrected chi connectivity index (χ3v) is 6.44. The first kappa shape index (κ1) is 33.6. The Hall–Kier alpha value is -4.94. The van der Waals surface area contributed by atoms with Gasteiger partial charge in [0.05, 0.1) is 19.3 Å². The molecular formula is C31H38N4O9. The molecule has 1 heterocycles. The number of rotatable bonds is 11. The van der Waals surface area contributed by atoms with Gasteiger partial charge in [0.25, 0.3) is 0 Å². The third-order valence-electron chi connectivity index (χ3n) is 6.44. The lowest BCUT2D eigenvalue weighted by Crippen LogP contribution is -2.55. The molecule has 0 saturated carbocycles. The van der Waals surface area contributed by atoms with Crippen LogP contribution in [-0.4, -0.2) is 85.0 Å². The van der Waals surface area contributed by atoms with E-state index in [0.717, 1.165) is 17.6 Å². The molecule has 2 aromatic carbocycles. The number of likely N-dealkylation sites (tertiary alicyclic amines) is 1. The maximum absolute atomic E-state index is 13.2. The molecule has 0 unspecified atom stereocenters. The number of anilines is 1. The molecule has 4 amide bonds. The predicted octanol–water partition coefficient (Wildman–Crippen LogP) is 1.35. The summed E-state index contributed by atoms with van der Waals surface area (Å²) in [6.45, 7) is 4.60. The number of amides is 4. The van der Waals surface area contributed by atoms with Gasteiger partial charge in [-0.3, -0.25) is 19.2 Å². The van der Waals surface area contributed by atoms with Gasteiger partial charge in [-0.25, -0.2) is 9.59 Å². The predicted molar refractivity (Wildman–Crippen MR) is 158 cm³/mol. The van der Waals surface area contributed by atoms with Gasteiger partial charge in [0.1, 0.15) is 23.4 Å². The van der Waals surface area contributed by atoms with E-state index < -0.39 is 59.8 Å². The Balaban J connectivity index is 1.64. The number of carbonyl (C=O) groups excluding carboxylic acids is 6. The van der Waals surface area contributed by atoms with Crippen LogP contribution in [0.25, 0.3) is 0 Å². The second-order valence-corrected chi connectivity index (χ2v) is 11.0. The van der Waals surface area contributed by atoms with E-state index in [1.165, 1.54) is 0 Å². The molecule has 0 radical (unpaired) electrons. The van der Waals surface area contributed by atoms with Crippen molar-refractivity contribution in [1.29, 1.82) is 0 Å². The summed E-state index contributed by atoms with van der Waals surface area (Å²) in [6, 6.07) is 13.4. The summed E-state index contributed by atoms with van der Waals surface area (Å²) in [5.74, 6) is -4.16. The molecule has 44 heavy (non-hydrogen) atoms. The first-order chi connectivity index (χ1) is 20.9. The van der Waals surface area contributed by atoms with E-state index in [1.54, 1.807) is 69.3 Å². The van der Waals surface area contributed by atoms with E-state index in [1.807, 2.05) is 6.07 Å². The smallest absolute Gasteiger partial charge is 0.396 e. The van der Waals surface area contributed by atoms with Crippen LogP contribution in [0.1, 0.15) is 39.2 Å². The molecule has 236 valence electrons. The Morgan fingerprint density at radius 1 is 0.977 bits per heavy atom. The van der Waals surface area contributed by atoms with Gasteiger partial charge in [0, 0.05) is 13.0 Å². The molecule has 0 aliphatic carbocycles.